The third-order valence-corrected chi connectivity index (χ3v) is 7.66. The zero-order chi connectivity index (χ0) is 20.9. The average Bonchev–Trinajstić information content (AvgIpc) is 3.06. The van der Waals surface area contributed by atoms with E-state index in [9.17, 15) is 24.2 Å². The zero-order valence-electron chi connectivity index (χ0n) is 13.6. The molecule has 1 saturated heterocycles. The molecule has 1 aliphatic heterocycles. The summed E-state index contributed by atoms with van der Waals surface area (Å²) in [6.07, 6.45) is -4.36. The average molecular weight is 479 g/mol. The van der Waals surface area contributed by atoms with Crippen molar-refractivity contribution in [1.82, 2.24) is 19.5 Å². The molecule has 1 aliphatic rings. The molecule has 0 bridgehead atoms. The number of ether oxygens (including phenoxy) is 1. The Morgan fingerprint density at radius 2 is 1.86 bits per heavy atom. The van der Waals surface area contributed by atoms with E-state index in [0.717, 1.165) is 0 Å². The molecular weight excluding hydrogens is 465 g/mol. The highest BCUT2D eigenvalue weighted by atomic mass is 35.5. The fraction of sp³-hybridized carbons (Fsp3) is 0.545. The summed E-state index contributed by atoms with van der Waals surface area (Å²) in [7, 11) is -9.46. The maximum atomic E-state index is 11.7. The summed E-state index contributed by atoms with van der Waals surface area (Å²) in [6, 6.07) is 0. The topological polar surface area (TPSA) is 197 Å². The van der Waals surface area contributed by atoms with Gasteiger partial charge in [0, 0.05) is 0 Å². The van der Waals surface area contributed by atoms with Crippen LogP contribution in [-0.2, 0) is 18.4 Å². The lowest BCUT2D eigenvalue weighted by atomic mass is 10.1. The third kappa shape index (κ3) is 4.72. The monoisotopic (exact) mass is 478 g/mol. The molecule has 0 saturated carbocycles. The van der Waals surface area contributed by atoms with Crippen LogP contribution >= 0.6 is 38.4 Å². The molecule has 156 valence electrons. The van der Waals surface area contributed by atoms with Gasteiger partial charge in [-0.1, -0.05) is 11.6 Å². The molecule has 1 fully saturated rings. The number of hydrogen-bond donors (Lipinski definition) is 5. The molecule has 0 spiro atoms. The summed E-state index contributed by atoms with van der Waals surface area (Å²) in [5.41, 5.74) is 0.273. The highest BCUT2D eigenvalue weighted by molar-refractivity contribution is 7.70. The van der Waals surface area contributed by atoms with Crippen LogP contribution in [0.25, 0.3) is 11.2 Å². The van der Waals surface area contributed by atoms with E-state index in [1.54, 1.807) is 0 Å². The van der Waals surface area contributed by atoms with Gasteiger partial charge in [-0.2, -0.15) is 4.98 Å². The second-order valence-corrected chi connectivity index (χ2v) is 10.6. The van der Waals surface area contributed by atoms with E-state index in [1.165, 1.54) is 10.9 Å². The van der Waals surface area contributed by atoms with Crippen LogP contribution in [0.1, 0.15) is 6.23 Å². The van der Waals surface area contributed by atoms with Gasteiger partial charge in [-0.15, -0.1) is 0 Å². The maximum absolute atomic E-state index is 11.7. The molecule has 0 radical (unpaired) electrons. The number of aliphatic hydroxyl groups excluding tert-OH is 2. The summed E-state index contributed by atoms with van der Waals surface area (Å²) in [6.45, 7) is -0.717. The molecule has 3 heterocycles. The van der Waals surface area contributed by atoms with Crippen LogP contribution in [0.2, 0.25) is 10.4 Å². The van der Waals surface area contributed by atoms with Gasteiger partial charge < -0.3 is 34.2 Å². The van der Waals surface area contributed by atoms with Gasteiger partial charge in [0.1, 0.15) is 23.8 Å². The zero-order valence-corrected chi connectivity index (χ0v) is 16.9. The molecule has 2 aromatic heterocycles. The first kappa shape index (κ1) is 22.0. The lowest BCUT2D eigenvalue weighted by Crippen LogP contribution is -2.33. The van der Waals surface area contributed by atoms with Crippen LogP contribution in [0.4, 0.5) is 0 Å². The summed E-state index contributed by atoms with van der Waals surface area (Å²) >= 11 is 11.7. The Morgan fingerprint density at radius 3 is 2.50 bits per heavy atom. The third-order valence-electron chi connectivity index (χ3n) is 3.77. The minimum atomic E-state index is -4.81. The summed E-state index contributed by atoms with van der Waals surface area (Å²) in [5.74, 6) is -1.39. The van der Waals surface area contributed by atoms with Gasteiger partial charge in [-0.05, 0) is 11.6 Å². The number of fused-ring (bicyclic) bond motifs is 1. The molecule has 0 amide bonds. The van der Waals surface area contributed by atoms with E-state index in [0.29, 0.717) is 0 Å². The van der Waals surface area contributed by atoms with Crippen LogP contribution in [0.3, 0.4) is 0 Å². The van der Waals surface area contributed by atoms with E-state index in [1.807, 2.05) is 0 Å². The van der Waals surface area contributed by atoms with Crippen molar-refractivity contribution in [3.63, 3.8) is 0 Å². The van der Waals surface area contributed by atoms with Crippen molar-refractivity contribution in [3.8, 4) is 0 Å². The van der Waals surface area contributed by atoms with Gasteiger partial charge in [0.15, 0.2) is 22.9 Å². The first-order valence-electron chi connectivity index (χ1n) is 7.46. The number of aromatic nitrogens is 4. The van der Waals surface area contributed by atoms with Crippen molar-refractivity contribution in [2.45, 2.75) is 24.5 Å². The van der Waals surface area contributed by atoms with Crippen molar-refractivity contribution in [3.05, 3.63) is 16.8 Å². The molecular formula is C11H14Cl2N4O9P2. The number of halogens is 2. The number of nitrogens with zero attached hydrogens (tertiary/aromatic N) is 4. The minimum absolute atomic E-state index is 0.0414. The van der Waals surface area contributed by atoms with Crippen molar-refractivity contribution < 1.29 is 43.3 Å². The Hall–Kier alpha value is -0.690. The summed E-state index contributed by atoms with van der Waals surface area (Å²) in [5, 5.41) is 20.2. The van der Waals surface area contributed by atoms with E-state index in [2.05, 4.69) is 19.5 Å². The van der Waals surface area contributed by atoms with Gasteiger partial charge in [-0.3, -0.25) is 13.7 Å². The number of aliphatic hydroxyl groups is 2. The molecule has 17 heteroatoms. The van der Waals surface area contributed by atoms with Crippen LogP contribution in [0, 0.1) is 0 Å². The number of hydrogen-bond acceptors (Lipinski definition) is 9. The Bertz CT molecular complexity index is 984. The van der Waals surface area contributed by atoms with Crippen LogP contribution < -0.4 is 0 Å². The van der Waals surface area contributed by atoms with Crippen LogP contribution in [-0.4, -0.2) is 75.2 Å². The molecule has 5 N–H and O–H groups in total. The standard InChI is InChI=1S/C11H14Cl2N4O9P2/c12-8-5-9(16-11(13)15-8)17(2-14-5)10-7(19)6(18)4(26-10)1-25-28(23,24)3-27(20,21)22/h2,4,6-7,10,18-19H,1,3H2,(H,23,24)(H2,20,21,22)/t4-,6+,7+,10-/m1/s1. The molecule has 1 unspecified atom stereocenters. The highest BCUT2D eigenvalue weighted by Gasteiger charge is 2.45. The predicted molar refractivity (Wildman–Crippen MR) is 94.0 cm³/mol. The Labute approximate surface area is 166 Å². The van der Waals surface area contributed by atoms with Gasteiger partial charge in [0.25, 0.3) is 0 Å². The quantitative estimate of drug-likeness (QED) is 0.213. The van der Waals surface area contributed by atoms with Crippen LogP contribution in [0.5, 0.6) is 0 Å². The highest BCUT2D eigenvalue weighted by Crippen LogP contribution is 2.55. The summed E-state index contributed by atoms with van der Waals surface area (Å²) < 4.78 is 33.9. The van der Waals surface area contributed by atoms with Gasteiger partial charge >= 0.3 is 15.2 Å². The first-order chi connectivity index (χ1) is 12.9. The van der Waals surface area contributed by atoms with E-state index >= 15 is 0 Å². The maximum Gasteiger partial charge on any atom is 0.340 e. The van der Waals surface area contributed by atoms with E-state index in [4.69, 9.17) is 37.7 Å². The van der Waals surface area contributed by atoms with Crippen molar-refractivity contribution in [1.29, 1.82) is 0 Å². The van der Waals surface area contributed by atoms with E-state index in [-0.39, 0.29) is 21.6 Å². The fourth-order valence-electron chi connectivity index (χ4n) is 2.60. The lowest BCUT2D eigenvalue weighted by molar-refractivity contribution is -0.0483. The normalized spacial score (nSPS) is 28.0. The molecule has 3 rings (SSSR count). The second-order valence-electron chi connectivity index (χ2n) is 5.89. The van der Waals surface area contributed by atoms with E-state index < -0.39 is 52.2 Å². The molecule has 28 heavy (non-hydrogen) atoms. The molecule has 13 nitrogen and oxygen atoms in total. The first-order valence-corrected chi connectivity index (χ1v) is 11.8. The smallest absolute Gasteiger partial charge is 0.340 e. The minimum Gasteiger partial charge on any atom is -0.387 e. The number of imidazole rings is 1. The van der Waals surface area contributed by atoms with Gasteiger partial charge in [0.2, 0.25) is 5.28 Å². The largest absolute Gasteiger partial charge is 0.387 e. The fourth-order valence-corrected chi connectivity index (χ4v) is 5.59. The Kier molecular flexibility index (Phi) is 6.18. The second kappa shape index (κ2) is 7.86. The lowest BCUT2D eigenvalue weighted by Gasteiger charge is -2.18. The van der Waals surface area contributed by atoms with Crippen molar-refractivity contribution in [2.24, 2.45) is 0 Å². The number of rotatable bonds is 6. The van der Waals surface area contributed by atoms with Crippen molar-refractivity contribution >= 4 is 49.6 Å². The Balaban J connectivity index is 1.78. The molecule has 2 aromatic rings. The Morgan fingerprint density at radius 1 is 1.18 bits per heavy atom. The SMILES string of the molecule is O=P(O)(O)CP(=O)(O)OC[C@H]1O[C@@H](n2cnc3c(Cl)nc(Cl)nc32)[C@@H](O)[C@H]1O. The predicted octanol–water partition coefficient (Wildman–Crippen LogP) is 0.0895. The molecule has 0 aromatic carbocycles. The van der Waals surface area contributed by atoms with Crippen LogP contribution in [0.15, 0.2) is 6.33 Å². The summed E-state index contributed by atoms with van der Waals surface area (Å²) in [4.78, 5) is 38.7. The van der Waals surface area contributed by atoms with Gasteiger partial charge in [0.05, 0.1) is 12.9 Å². The van der Waals surface area contributed by atoms with Crippen molar-refractivity contribution in [2.75, 3.05) is 12.5 Å². The molecule has 5 atom stereocenters. The molecule has 0 aliphatic carbocycles. The van der Waals surface area contributed by atoms with Gasteiger partial charge in [-0.25, -0.2) is 9.97 Å².